The van der Waals surface area contributed by atoms with Crippen LogP contribution in [0.1, 0.15) is 29.6 Å². The highest BCUT2D eigenvalue weighted by Crippen LogP contribution is 2.65. The van der Waals surface area contributed by atoms with Crippen LogP contribution >= 0.6 is 11.6 Å². The first-order valence-electron chi connectivity index (χ1n) is 6.37. The molecule has 0 bridgehead atoms. The second-order valence-corrected chi connectivity index (χ2v) is 5.84. The Morgan fingerprint density at radius 3 is 2.32 bits per heavy atom. The number of hydrogen-bond acceptors (Lipinski definition) is 1. The predicted molar refractivity (Wildman–Crippen MR) is 68.6 cm³/mol. The average molecular weight is 286 g/mol. The van der Waals surface area contributed by atoms with E-state index in [1.165, 1.54) is 0 Å². The van der Waals surface area contributed by atoms with Gasteiger partial charge in [-0.25, -0.2) is 8.78 Å². The fourth-order valence-electron chi connectivity index (χ4n) is 2.87. The number of carbonyl (C=O) groups is 1. The Morgan fingerprint density at radius 2 is 1.79 bits per heavy atom. The maximum atomic E-state index is 13.3. The quantitative estimate of drug-likeness (QED) is 0.772. The van der Waals surface area contributed by atoms with E-state index in [9.17, 15) is 13.6 Å². The van der Waals surface area contributed by atoms with Gasteiger partial charge in [0.25, 0.3) is 11.8 Å². The summed E-state index contributed by atoms with van der Waals surface area (Å²) in [6.45, 7) is 0.777. The van der Waals surface area contributed by atoms with Gasteiger partial charge < -0.3 is 4.90 Å². The molecule has 1 aromatic rings. The molecule has 0 N–H and O–H groups in total. The fraction of sp³-hybridized carbons (Fsp3) is 0.500. The zero-order chi connectivity index (χ0) is 13.7. The summed E-state index contributed by atoms with van der Waals surface area (Å²) in [6, 6.07) is 6.84. The molecule has 2 aliphatic rings. The van der Waals surface area contributed by atoms with Crippen LogP contribution in [0.5, 0.6) is 0 Å². The first kappa shape index (κ1) is 12.9. The highest BCUT2D eigenvalue weighted by molar-refractivity contribution is 6.33. The summed E-state index contributed by atoms with van der Waals surface area (Å²) in [4.78, 5) is 13.9. The van der Waals surface area contributed by atoms with Crippen molar-refractivity contribution in [3.05, 3.63) is 34.9 Å². The number of benzene rings is 1. The Morgan fingerprint density at radius 1 is 1.21 bits per heavy atom. The van der Waals surface area contributed by atoms with Gasteiger partial charge in [-0.15, -0.1) is 0 Å². The van der Waals surface area contributed by atoms with E-state index in [2.05, 4.69) is 0 Å². The summed E-state index contributed by atoms with van der Waals surface area (Å²) in [5.74, 6) is -2.68. The SMILES string of the molecule is O=C(c1ccccc1Cl)N1CCC2(CC1)CC2(F)F. The van der Waals surface area contributed by atoms with E-state index in [-0.39, 0.29) is 12.3 Å². The Hall–Kier alpha value is -1.16. The third kappa shape index (κ3) is 2.02. The fourth-order valence-corrected chi connectivity index (χ4v) is 3.08. The number of halogens is 3. The summed E-state index contributed by atoms with van der Waals surface area (Å²) in [6.07, 6.45) is 0.751. The number of rotatable bonds is 1. The van der Waals surface area contributed by atoms with E-state index in [4.69, 9.17) is 11.6 Å². The zero-order valence-corrected chi connectivity index (χ0v) is 11.1. The van der Waals surface area contributed by atoms with E-state index in [0.29, 0.717) is 36.5 Å². The summed E-state index contributed by atoms with van der Waals surface area (Å²) < 4.78 is 26.5. The van der Waals surface area contributed by atoms with Crippen molar-refractivity contribution in [1.82, 2.24) is 4.90 Å². The number of piperidine rings is 1. The highest BCUT2D eigenvalue weighted by atomic mass is 35.5. The van der Waals surface area contributed by atoms with Crippen LogP contribution in [0.25, 0.3) is 0 Å². The van der Waals surface area contributed by atoms with Crippen LogP contribution in [0.4, 0.5) is 8.78 Å². The molecule has 1 saturated heterocycles. The number of carbonyl (C=O) groups excluding carboxylic acids is 1. The number of alkyl halides is 2. The first-order valence-corrected chi connectivity index (χ1v) is 6.75. The predicted octanol–water partition coefficient (Wildman–Crippen LogP) is 3.60. The topological polar surface area (TPSA) is 20.3 Å². The molecule has 2 fully saturated rings. The molecule has 1 saturated carbocycles. The molecular formula is C14H14ClF2NO. The van der Waals surface area contributed by atoms with Crippen LogP contribution in [-0.4, -0.2) is 29.8 Å². The van der Waals surface area contributed by atoms with Crippen molar-refractivity contribution in [3.8, 4) is 0 Å². The van der Waals surface area contributed by atoms with Crippen LogP contribution in [0.2, 0.25) is 5.02 Å². The van der Waals surface area contributed by atoms with E-state index in [1.807, 2.05) is 0 Å². The first-order chi connectivity index (χ1) is 8.95. The molecular weight excluding hydrogens is 272 g/mol. The second kappa shape index (κ2) is 4.17. The molecule has 3 rings (SSSR count). The molecule has 2 nitrogen and oxygen atoms in total. The Kier molecular flexibility index (Phi) is 2.82. The lowest BCUT2D eigenvalue weighted by atomic mass is 9.92. The smallest absolute Gasteiger partial charge is 0.255 e. The van der Waals surface area contributed by atoms with Gasteiger partial charge in [-0.1, -0.05) is 23.7 Å². The normalized spacial score (nSPS) is 23.4. The maximum absolute atomic E-state index is 13.3. The molecule has 0 radical (unpaired) electrons. The average Bonchev–Trinajstić information content (AvgIpc) is 2.91. The monoisotopic (exact) mass is 285 g/mol. The van der Waals surface area contributed by atoms with Crippen molar-refractivity contribution in [2.45, 2.75) is 25.2 Å². The summed E-state index contributed by atoms with van der Waals surface area (Å²) in [5, 5.41) is 0.407. The Labute approximate surface area is 115 Å². The zero-order valence-electron chi connectivity index (χ0n) is 10.3. The van der Waals surface area contributed by atoms with E-state index in [1.54, 1.807) is 29.2 Å². The van der Waals surface area contributed by atoms with Crippen molar-refractivity contribution in [2.75, 3.05) is 13.1 Å². The molecule has 1 aliphatic carbocycles. The molecule has 1 amide bonds. The van der Waals surface area contributed by atoms with Crippen LogP contribution in [-0.2, 0) is 0 Å². The Balaban J connectivity index is 1.70. The molecule has 1 aromatic carbocycles. The Bertz CT molecular complexity index is 524. The van der Waals surface area contributed by atoms with Gasteiger partial charge in [0, 0.05) is 24.9 Å². The number of amides is 1. The standard InChI is InChI=1S/C14H14ClF2NO/c15-11-4-2-1-3-10(11)12(19)18-7-5-13(6-8-18)9-14(13,16)17/h1-4H,5-9H2. The van der Waals surface area contributed by atoms with Gasteiger partial charge in [-0.3, -0.25) is 4.79 Å². The maximum Gasteiger partial charge on any atom is 0.255 e. The number of nitrogens with zero attached hydrogens (tertiary/aromatic N) is 1. The van der Waals surface area contributed by atoms with Gasteiger partial charge in [0.1, 0.15) is 0 Å². The molecule has 102 valence electrons. The minimum Gasteiger partial charge on any atom is -0.339 e. The molecule has 19 heavy (non-hydrogen) atoms. The van der Waals surface area contributed by atoms with E-state index >= 15 is 0 Å². The van der Waals surface area contributed by atoms with Gasteiger partial charge >= 0.3 is 0 Å². The molecule has 0 atom stereocenters. The molecule has 1 aliphatic heterocycles. The van der Waals surface area contributed by atoms with Gasteiger partial charge in [-0.05, 0) is 25.0 Å². The lowest BCUT2D eigenvalue weighted by Gasteiger charge is -2.32. The molecule has 1 heterocycles. The van der Waals surface area contributed by atoms with Crippen molar-refractivity contribution >= 4 is 17.5 Å². The minimum atomic E-state index is -2.52. The van der Waals surface area contributed by atoms with Gasteiger partial charge in [0.15, 0.2) is 0 Å². The largest absolute Gasteiger partial charge is 0.339 e. The summed E-state index contributed by atoms with van der Waals surface area (Å²) in [5.41, 5.74) is -0.382. The van der Waals surface area contributed by atoms with Crippen LogP contribution in [0.3, 0.4) is 0 Å². The third-order valence-electron chi connectivity index (χ3n) is 4.32. The van der Waals surface area contributed by atoms with Crippen LogP contribution in [0.15, 0.2) is 24.3 Å². The van der Waals surface area contributed by atoms with E-state index < -0.39 is 11.3 Å². The lowest BCUT2D eigenvalue weighted by Crippen LogP contribution is -2.40. The van der Waals surface area contributed by atoms with Gasteiger partial charge in [0.2, 0.25) is 0 Å². The minimum absolute atomic E-state index is 0.0197. The molecule has 1 spiro atoms. The number of likely N-dealkylation sites (tertiary alicyclic amines) is 1. The third-order valence-corrected chi connectivity index (χ3v) is 4.65. The molecule has 0 unspecified atom stereocenters. The number of hydrogen-bond donors (Lipinski definition) is 0. The summed E-state index contributed by atoms with van der Waals surface area (Å²) >= 11 is 5.98. The highest BCUT2D eigenvalue weighted by Gasteiger charge is 2.70. The lowest BCUT2D eigenvalue weighted by molar-refractivity contribution is 0.0284. The van der Waals surface area contributed by atoms with Crippen molar-refractivity contribution in [2.24, 2.45) is 5.41 Å². The van der Waals surface area contributed by atoms with Crippen molar-refractivity contribution in [1.29, 1.82) is 0 Å². The van der Waals surface area contributed by atoms with Crippen molar-refractivity contribution in [3.63, 3.8) is 0 Å². The summed E-state index contributed by atoms with van der Waals surface area (Å²) in [7, 11) is 0. The van der Waals surface area contributed by atoms with Gasteiger partial charge in [0.05, 0.1) is 10.6 Å². The molecule has 5 heteroatoms. The second-order valence-electron chi connectivity index (χ2n) is 5.43. The van der Waals surface area contributed by atoms with Crippen LogP contribution in [0, 0.1) is 5.41 Å². The van der Waals surface area contributed by atoms with Crippen LogP contribution < -0.4 is 0 Å². The van der Waals surface area contributed by atoms with Crippen molar-refractivity contribution < 1.29 is 13.6 Å². The van der Waals surface area contributed by atoms with E-state index in [0.717, 1.165) is 0 Å². The van der Waals surface area contributed by atoms with Gasteiger partial charge in [-0.2, -0.15) is 0 Å². The molecule has 0 aromatic heterocycles.